The predicted molar refractivity (Wildman–Crippen MR) is 50.2 cm³/mol. The molecule has 4 N–H and O–H groups in total. The maximum Gasteiger partial charge on any atom is 0.348 e. The van der Waals surface area contributed by atoms with Crippen LogP contribution in [0.2, 0.25) is 0 Å². The molecule has 1 unspecified atom stereocenters. The maximum absolute atomic E-state index is 10.5. The van der Waals surface area contributed by atoms with Crippen molar-refractivity contribution in [2.45, 2.75) is 5.75 Å². The van der Waals surface area contributed by atoms with Crippen LogP contribution < -0.4 is 5.73 Å². The van der Waals surface area contributed by atoms with Crippen LogP contribution in [0.3, 0.4) is 0 Å². The minimum absolute atomic E-state index is 0.0143. The number of hydrogen-bond donors (Lipinski definition) is 3. The van der Waals surface area contributed by atoms with Gasteiger partial charge in [0.15, 0.2) is 11.1 Å². The molecule has 0 radical (unpaired) electrons. The highest BCUT2D eigenvalue weighted by atomic mass is 32.2. The molecule has 0 saturated heterocycles. The number of nitrogens with two attached hydrogens (primary N) is 1. The molecule has 0 bridgehead atoms. The number of rotatable bonds is 3. The number of carboxylic acid groups (broad SMARTS) is 1. The van der Waals surface area contributed by atoms with Crippen LogP contribution in [0.15, 0.2) is 5.38 Å². The molecule has 0 spiro atoms. The first-order chi connectivity index (χ1) is 6.02. The second kappa shape index (κ2) is 3.86. The van der Waals surface area contributed by atoms with Gasteiger partial charge >= 0.3 is 5.97 Å². The molecule has 0 saturated carbocycles. The minimum Gasteiger partial charge on any atom is -0.477 e. The smallest absolute Gasteiger partial charge is 0.348 e. The Labute approximate surface area is 80.5 Å². The van der Waals surface area contributed by atoms with Crippen molar-refractivity contribution in [1.29, 1.82) is 0 Å². The molecule has 7 heteroatoms. The molecule has 1 aromatic heterocycles. The van der Waals surface area contributed by atoms with E-state index in [1.165, 1.54) is 5.38 Å². The lowest BCUT2D eigenvalue weighted by atomic mass is 10.3. The highest BCUT2D eigenvalue weighted by Crippen LogP contribution is 2.25. The maximum atomic E-state index is 10.5. The predicted octanol–water partition coefficient (Wildman–Crippen LogP) is 0.750. The van der Waals surface area contributed by atoms with Gasteiger partial charge in [-0.25, -0.2) is 9.00 Å². The first-order valence-corrected chi connectivity index (χ1v) is 5.34. The number of anilines is 1. The fraction of sp³-hybridized carbons (Fsp3) is 0.167. The Kier molecular flexibility index (Phi) is 3.02. The monoisotopic (exact) mass is 221 g/mol. The van der Waals surface area contributed by atoms with Crippen LogP contribution in [0.1, 0.15) is 15.2 Å². The third-order valence-corrected chi connectivity index (χ3v) is 2.97. The zero-order valence-corrected chi connectivity index (χ0v) is 8.02. The second-order valence-electron chi connectivity index (χ2n) is 2.27. The van der Waals surface area contributed by atoms with Gasteiger partial charge in [-0.05, 0) is 5.38 Å². The van der Waals surface area contributed by atoms with Crippen LogP contribution in [0.4, 0.5) is 5.69 Å². The van der Waals surface area contributed by atoms with Crippen molar-refractivity contribution in [3.05, 3.63) is 15.8 Å². The molecule has 0 amide bonds. The summed E-state index contributed by atoms with van der Waals surface area (Å²) in [5, 5.41) is 10.1. The van der Waals surface area contributed by atoms with Crippen molar-refractivity contribution in [2.75, 3.05) is 5.73 Å². The average molecular weight is 221 g/mol. The third-order valence-electron chi connectivity index (χ3n) is 1.38. The van der Waals surface area contributed by atoms with Gasteiger partial charge in [-0.3, -0.25) is 0 Å². The minimum atomic E-state index is -1.99. The molecule has 1 aromatic rings. The SMILES string of the molecule is Nc1c(CS(=O)O)csc1C(=O)O. The van der Waals surface area contributed by atoms with Crippen molar-refractivity contribution in [1.82, 2.24) is 0 Å². The van der Waals surface area contributed by atoms with Gasteiger partial charge in [0.2, 0.25) is 0 Å². The zero-order valence-electron chi connectivity index (χ0n) is 6.39. The molecule has 0 aromatic carbocycles. The summed E-state index contributed by atoms with van der Waals surface area (Å²) in [7, 11) is 0. The van der Waals surface area contributed by atoms with Gasteiger partial charge in [-0.2, -0.15) is 0 Å². The zero-order chi connectivity index (χ0) is 10.0. The van der Waals surface area contributed by atoms with E-state index in [0.717, 1.165) is 11.3 Å². The fourth-order valence-electron chi connectivity index (χ4n) is 0.813. The lowest BCUT2D eigenvalue weighted by Gasteiger charge is -1.95. The van der Waals surface area contributed by atoms with Crippen LogP contribution in [-0.4, -0.2) is 19.8 Å². The largest absolute Gasteiger partial charge is 0.477 e. The number of thiophene rings is 1. The van der Waals surface area contributed by atoms with E-state index < -0.39 is 17.0 Å². The fourth-order valence-corrected chi connectivity index (χ4v) is 2.25. The molecule has 1 rings (SSSR count). The molecule has 1 atom stereocenters. The van der Waals surface area contributed by atoms with Crippen molar-refractivity contribution < 1.29 is 18.7 Å². The number of nitrogen functional groups attached to an aromatic ring is 1. The van der Waals surface area contributed by atoms with Crippen LogP contribution >= 0.6 is 11.3 Å². The van der Waals surface area contributed by atoms with E-state index in [1.807, 2.05) is 0 Å². The van der Waals surface area contributed by atoms with Gasteiger partial charge in [0.25, 0.3) is 0 Å². The van der Waals surface area contributed by atoms with E-state index in [4.69, 9.17) is 15.4 Å². The van der Waals surface area contributed by atoms with Crippen molar-refractivity contribution >= 4 is 34.1 Å². The molecule has 0 aliphatic carbocycles. The molecule has 0 aliphatic rings. The summed E-state index contributed by atoms with van der Waals surface area (Å²) >= 11 is -1.04. The van der Waals surface area contributed by atoms with E-state index in [9.17, 15) is 9.00 Å². The normalized spacial score (nSPS) is 12.7. The summed E-state index contributed by atoms with van der Waals surface area (Å²) in [6.07, 6.45) is 0. The van der Waals surface area contributed by atoms with Crippen molar-refractivity contribution in [3.8, 4) is 0 Å². The van der Waals surface area contributed by atoms with Crippen LogP contribution in [0.25, 0.3) is 0 Å². The summed E-state index contributed by atoms with van der Waals surface area (Å²) in [6.45, 7) is 0. The molecule has 13 heavy (non-hydrogen) atoms. The molecular weight excluding hydrogens is 214 g/mol. The lowest BCUT2D eigenvalue weighted by molar-refractivity contribution is 0.0703. The average Bonchev–Trinajstić information content (AvgIpc) is 2.32. The number of aromatic carboxylic acids is 1. The second-order valence-corrected chi connectivity index (χ2v) is 4.09. The highest BCUT2D eigenvalue weighted by molar-refractivity contribution is 7.78. The van der Waals surface area contributed by atoms with Crippen LogP contribution in [0.5, 0.6) is 0 Å². The first-order valence-electron chi connectivity index (χ1n) is 3.19. The Morgan fingerprint density at radius 1 is 1.69 bits per heavy atom. The van der Waals surface area contributed by atoms with Gasteiger partial charge in [-0.15, -0.1) is 11.3 Å². The van der Waals surface area contributed by atoms with E-state index in [2.05, 4.69) is 0 Å². The molecule has 5 nitrogen and oxygen atoms in total. The molecule has 0 aliphatic heterocycles. The summed E-state index contributed by atoms with van der Waals surface area (Å²) in [5.74, 6) is -1.24. The third kappa shape index (κ3) is 2.27. The van der Waals surface area contributed by atoms with E-state index in [1.54, 1.807) is 0 Å². The van der Waals surface area contributed by atoms with Gasteiger partial charge in [0, 0.05) is 5.56 Å². The van der Waals surface area contributed by atoms with E-state index >= 15 is 0 Å². The highest BCUT2D eigenvalue weighted by Gasteiger charge is 2.15. The Bertz CT molecular complexity index is 360. The summed E-state index contributed by atoms with van der Waals surface area (Å²) in [4.78, 5) is 10.5. The summed E-state index contributed by atoms with van der Waals surface area (Å²) < 4.78 is 19.0. The lowest BCUT2D eigenvalue weighted by Crippen LogP contribution is -2.01. The van der Waals surface area contributed by atoms with Crippen molar-refractivity contribution in [2.24, 2.45) is 0 Å². The summed E-state index contributed by atoms with van der Waals surface area (Å²) in [6, 6.07) is 0. The molecule has 0 fully saturated rings. The van der Waals surface area contributed by atoms with Gasteiger partial charge in [0.05, 0.1) is 11.4 Å². The quantitative estimate of drug-likeness (QED) is 0.654. The van der Waals surface area contributed by atoms with E-state index in [0.29, 0.717) is 5.56 Å². The van der Waals surface area contributed by atoms with E-state index in [-0.39, 0.29) is 16.3 Å². The summed E-state index contributed by atoms with van der Waals surface area (Å²) in [5.41, 5.74) is 5.93. The van der Waals surface area contributed by atoms with Gasteiger partial charge < -0.3 is 15.4 Å². The Balaban J connectivity index is 2.99. The molecule has 72 valence electrons. The van der Waals surface area contributed by atoms with Crippen LogP contribution in [-0.2, 0) is 16.8 Å². The van der Waals surface area contributed by atoms with Crippen molar-refractivity contribution in [3.63, 3.8) is 0 Å². The Morgan fingerprint density at radius 2 is 2.31 bits per heavy atom. The Hall–Kier alpha value is -0.920. The molecule has 1 heterocycles. The number of carbonyl (C=O) groups is 1. The number of hydrogen-bond acceptors (Lipinski definition) is 4. The topological polar surface area (TPSA) is 101 Å². The Morgan fingerprint density at radius 3 is 2.69 bits per heavy atom. The van der Waals surface area contributed by atoms with Gasteiger partial charge in [0.1, 0.15) is 4.88 Å². The van der Waals surface area contributed by atoms with Gasteiger partial charge in [-0.1, -0.05) is 0 Å². The number of carboxylic acids is 1. The van der Waals surface area contributed by atoms with Crippen LogP contribution in [0, 0.1) is 0 Å². The first kappa shape index (κ1) is 10.2. The molecular formula is C6H7NO4S2. The standard InChI is InChI=1S/C6H7NO4S2/c7-4-3(2-13(10)11)1-12-5(4)6(8)9/h1H,2,7H2,(H,8,9)(H,10,11).